The molecule has 0 fully saturated rings. The van der Waals surface area contributed by atoms with E-state index in [0.717, 1.165) is 22.3 Å². The third-order valence-corrected chi connectivity index (χ3v) is 9.66. The van der Waals surface area contributed by atoms with Gasteiger partial charge in [-0.1, -0.05) is 132 Å². The zero-order chi connectivity index (χ0) is 38.4. The van der Waals surface area contributed by atoms with Gasteiger partial charge in [-0.25, -0.2) is 4.39 Å². The van der Waals surface area contributed by atoms with E-state index >= 15 is 4.39 Å². The fourth-order valence-electron chi connectivity index (χ4n) is 6.40. The van der Waals surface area contributed by atoms with Gasteiger partial charge in [0.2, 0.25) is 0 Å². The van der Waals surface area contributed by atoms with E-state index in [2.05, 4.69) is 83.1 Å². The van der Waals surface area contributed by atoms with Crippen LogP contribution in [0.15, 0.2) is 109 Å². The summed E-state index contributed by atoms with van der Waals surface area (Å²) in [6.45, 7) is 25.7. The molecule has 6 heteroatoms. The summed E-state index contributed by atoms with van der Waals surface area (Å²) in [7, 11) is 0. The number of halogens is 1. The Morgan fingerprint density at radius 2 is 0.654 bits per heavy atom. The summed E-state index contributed by atoms with van der Waals surface area (Å²) in [5, 5.41) is 13.5. The maximum Gasteiger partial charge on any atom is 0.317 e. The van der Waals surface area contributed by atoms with Crippen molar-refractivity contribution in [2.75, 3.05) is 9.80 Å². The highest BCUT2D eigenvalue weighted by Crippen LogP contribution is 2.49. The molecule has 0 aromatic heterocycles. The van der Waals surface area contributed by atoms with Crippen LogP contribution in [0, 0.1) is 15.9 Å². The molecule has 5 rings (SSSR count). The number of benzene rings is 5. The van der Waals surface area contributed by atoms with Crippen molar-refractivity contribution in [2.45, 2.75) is 105 Å². The first kappa shape index (κ1) is 38.3. The molecule has 0 heterocycles. The zero-order valence-corrected chi connectivity index (χ0v) is 32.9. The van der Waals surface area contributed by atoms with Gasteiger partial charge in [0.1, 0.15) is 17.2 Å². The highest BCUT2D eigenvalue weighted by Gasteiger charge is 2.33. The third kappa shape index (κ3) is 8.22. The first-order chi connectivity index (χ1) is 24.1. The van der Waals surface area contributed by atoms with E-state index in [9.17, 15) is 10.1 Å². The van der Waals surface area contributed by atoms with E-state index in [1.807, 2.05) is 97.1 Å². The van der Waals surface area contributed by atoms with Crippen molar-refractivity contribution < 1.29 is 9.31 Å². The minimum atomic E-state index is -0.583. The Morgan fingerprint density at radius 1 is 0.442 bits per heavy atom. The van der Waals surface area contributed by atoms with E-state index in [4.69, 9.17) is 0 Å². The predicted molar refractivity (Wildman–Crippen MR) is 217 cm³/mol. The molecular weight excluding hydrogens is 646 g/mol. The molecule has 5 aromatic rings. The molecule has 5 aromatic carbocycles. The first-order valence-electron chi connectivity index (χ1n) is 18.1. The Kier molecular flexibility index (Phi) is 10.2. The van der Waals surface area contributed by atoms with Gasteiger partial charge in [-0.05, 0) is 92.4 Å². The fraction of sp³-hybridized carbons (Fsp3) is 0.348. The van der Waals surface area contributed by atoms with Gasteiger partial charge < -0.3 is 9.80 Å². The molecule has 0 atom stereocenters. The second-order valence-corrected chi connectivity index (χ2v) is 17.9. The summed E-state index contributed by atoms with van der Waals surface area (Å²) in [5.74, 6) is -0.583. The number of rotatable bonds is 7. The first-order valence-corrected chi connectivity index (χ1v) is 18.1. The van der Waals surface area contributed by atoms with Crippen LogP contribution in [-0.2, 0) is 21.7 Å². The summed E-state index contributed by atoms with van der Waals surface area (Å²) in [6.07, 6.45) is 0. The van der Waals surface area contributed by atoms with Crippen molar-refractivity contribution >= 4 is 39.8 Å². The Labute approximate surface area is 310 Å². The number of anilines is 6. The maximum absolute atomic E-state index is 16.3. The van der Waals surface area contributed by atoms with Gasteiger partial charge in [-0.15, -0.1) is 0 Å². The van der Waals surface area contributed by atoms with Crippen LogP contribution >= 0.6 is 0 Å². The molecule has 5 nitrogen and oxygen atoms in total. The van der Waals surface area contributed by atoms with Crippen LogP contribution in [0.5, 0.6) is 0 Å². The fourth-order valence-corrected chi connectivity index (χ4v) is 6.40. The molecule has 0 unspecified atom stereocenters. The number of hydrogen-bond donors (Lipinski definition) is 0. The highest BCUT2D eigenvalue weighted by molar-refractivity contribution is 5.92. The summed E-state index contributed by atoms with van der Waals surface area (Å²) in [4.78, 5) is 16.7. The average Bonchev–Trinajstić information content (AvgIpc) is 3.04. The molecule has 52 heavy (non-hydrogen) atoms. The van der Waals surface area contributed by atoms with Gasteiger partial charge in [0.05, 0.1) is 4.92 Å². The van der Waals surface area contributed by atoms with Crippen LogP contribution < -0.4 is 9.80 Å². The smallest absolute Gasteiger partial charge is 0.304 e. The lowest BCUT2D eigenvalue weighted by molar-refractivity contribution is -0.383. The molecular formula is C46H54FN3O2. The van der Waals surface area contributed by atoms with Gasteiger partial charge in [0.15, 0.2) is 0 Å². The highest BCUT2D eigenvalue weighted by atomic mass is 19.1. The van der Waals surface area contributed by atoms with Crippen molar-refractivity contribution in [3.63, 3.8) is 0 Å². The average molecular weight is 700 g/mol. The van der Waals surface area contributed by atoms with E-state index in [0.29, 0.717) is 22.7 Å². The van der Waals surface area contributed by atoms with Gasteiger partial charge in [-0.2, -0.15) is 0 Å². The summed E-state index contributed by atoms with van der Waals surface area (Å²) < 4.78 is 16.3. The molecule has 0 bridgehead atoms. The Hall–Kier alpha value is -4.97. The number of nitrogens with zero attached hydrogens (tertiary/aromatic N) is 3. The summed E-state index contributed by atoms with van der Waals surface area (Å²) in [6, 6.07) is 34.5. The Balaban J connectivity index is 1.81. The molecule has 272 valence electrons. The van der Waals surface area contributed by atoms with Crippen molar-refractivity contribution in [3.8, 4) is 0 Å². The predicted octanol–water partition coefficient (Wildman–Crippen LogP) is 13.9. The maximum atomic E-state index is 16.3. The minimum absolute atomic E-state index is 0.0959. The Morgan fingerprint density at radius 3 is 0.827 bits per heavy atom. The van der Waals surface area contributed by atoms with Gasteiger partial charge in [-0.3, -0.25) is 10.1 Å². The molecule has 0 aliphatic rings. The third-order valence-electron chi connectivity index (χ3n) is 9.66. The van der Waals surface area contributed by atoms with Gasteiger partial charge >= 0.3 is 5.69 Å². The van der Waals surface area contributed by atoms with E-state index in [1.54, 1.807) is 9.80 Å². The van der Waals surface area contributed by atoms with Crippen LogP contribution in [0.3, 0.4) is 0 Å². The topological polar surface area (TPSA) is 49.6 Å². The molecule has 0 N–H and O–H groups in total. The monoisotopic (exact) mass is 699 g/mol. The molecule has 0 saturated heterocycles. The molecule has 0 aliphatic carbocycles. The summed E-state index contributed by atoms with van der Waals surface area (Å²) in [5.41, 5.74) is 6.91. The van der Waals surface area contributed by atoms with E-state index in [1.165, 1.54) is 12.1 Å². The van der Waals surface area contributed by atoms with Crippen LogP contribution in [-0.4, -0.2) is 4.92 Å². The van der Waals surface area contributed by atoms with Crippen molar-refractivity contribution in [3.05, 3.63) is 147 Å². The molecule has 0 saturated carbocycles. The molecule has 0 amide bonds. The van der Waals surface area contributed by atoms with E-state index in [-0.39, 0.29) is 43.6 Å². The summed E-state index contributed by atoms with van der Waals surface area (Å²) >= 11 is 0. The van der Waals surface area contributed by atoms with Crippen molar-refractivity contribution in [1.82, 2.24) is 0 Å². The normalized spacial score (nSPS) is 12.5. The van der Waals surface area contributed by atoms with Crippen LogP contribution in [0.25, 0.3) is 0 Å². The number of hydrogen-bond acceptors (Lipinski definition) is 4. The number of nitro groups is 1. The minimum Gasteiger partial charge on any atom is -0.304 e. The number of nitro benzene ring substituents is 1. The van der Waals surface area contributed by atoms with Crippen LogP contribution in [0.2, 0.25) is 0 Å². The second-order valence-electron chi connectivity index (χ2n) is 17.9. The second kappa shape index (κ2) is 13.9. The lowest BCUT2D eigenvalue weighted by Gasteiger charge is -2.31. The SMILES string of the molecule is CC(C)(C)c1ccc(N(c2ccc(C(C)(C)C)cc2)c2cc(F)cc(N(c3ccc(C(C)(C)C)cc3)c3ccc(C(C)(C)C)cc3)c2[N+](=O)[O-])cc1. The standard InChI is InChI=1S/C46H54FN3O2/c1-43(2,3)31-13-21-36(22-14-31)48(37-23-15-32(16-24-37)44(4,5)6)40-29-35(47)30-41(42(40)50(51)52)49(38-25-17-33(18-26-38)45(7,8)9)39-27-19-34(20-28-39)46(10,11)12/h13-30H,1-12H3. The van der Waals surface area contributed by atoms with Crippen molar-refractivity contribution in [1.29, 1.82) is 0 Å². The van der Waals surface area contributed by atoms with Gasteiger partial charge in [0.25, 0.3) is 0 Å². The van der Waals surface area contributed by atoms with Gasteiger partial charge in [0, 0.05) is 34.9 Å². The lowest BCUT2D eigenvalue weighted by atomic mass is 9.86. The molecule has 0 aliphatic heterocycles. The van der Waals surface area contributed by atoms with Crippen LogP contribution in [0.4, 0.5) is 44.2 Å². The lowest BCUT2D eigenvalue weighted by Crippen LogP contribution is -2.18. The largest absolute Gasteiger partial charge is 0.317 e. The molecule has 0 spiro atoms. The van der Waals surface area contributed by atoms with Crippen molar-refractivity contribution in [2.24, 2.45) is 0 Å². The van der Waals surface area contributed by atoms with E-state index < -0.39 is 5.82 Å². The Bertz CT molecular complexity index is 1770. The van der Waals surface area contributed by atoms with Crippen LogP contribution in [0.1, 0.15) is 105 Å². The molecule has 0 radical (unpaired) electrons. The quantitative estimate of drug-likeness (QED) is 0.125. The zero-order valence-electron chi connectivity index (χ0n) is 32.9.